The molecule has 1 fully saturated rings. The van der Waals surface area contributed by atoms with Crippen molar-refractivity contribution in [2.45, 2.75) is 26.4 Å². The molecule has 1 rings (SSSR count). The van der Waals surface area contributed by atoms with E-state index in [0.29, 0.717) is 13.1 Å². The maximum atomic E-state index is 11.5. The summed E-state index contributed by atoms with van der Waals surface area (Å²) in [6, 6.07) is 1.91. The first-order valence-corrected chi connectivity index (χ1v) is 5.14. The molecule has 4 heteroatoms. The van der Waals surface area contributed by atoms with Crippen molar-refractivity contribution < 1.29 is 9.53 Å². The number of carbonyl (C=O) groups is 1. The van der Waals surface area contributed by atoms with Crippen molar-refractivity contribution in [3.63, 3.8) is 0 Å². The molecule has 0 aromatic rings. The first kappa shape index (κ1) is 12.3. The number of hydrogen-bond donors (Lipinski definition) is 0. The van der Waals surface area contributed by atoms with Crippen molar-refractivity contribution in [3.05, 3.63) is 23.8 Å². The standard InChI is InChI=1S/C12H16N2O2/c1-12(2,3)16-11(15)14-8-10(9-14)6-4-5-7-13/h4-6H,8-9H2,1-3H3. The molecule has 0 aromatic carbocycles. The molecule has 0 saturated carbocycles. The molecular weight excluding hydrogens is 204 g/mol. The van der Waals surface area contributed by atoms with Crippen LogP contribution >= 0.6 is 0 Å². The molecule has 0 aromatic heterocycles. The number of rotatable bonds is 1. The van der Waals surface area contributed by atoms with Crippen molar-refractivity contribution in [3.8, 4) is 6.07 Å². The molecule has 0 aliphatic carbocycles. The minimum Gasteiger partial charge on any atom is -0.444 e. The molecule has 0 bridgehead atoms. The lowest BCUT2D eigenvalue weighted by atomic mass is 10.1. The number of hydrogen-bond acceptors (Lipinski definition) is 3. The lowest BCUT2D eigenvalue weighted by Crippen LogP contribution is -2.46. The largest absolute Gasteiger partial charge is 0.444 e. The Labute approximate surface area is 95.8 Å². The Bertz CT molecular complexity index is 361. The fraction of sp³-hybridized carbons (Fsp3) is 0.500. The van der Waals surface area contributed by atoms with E-state index in [1.165, 1.54) is 6.08 Å². The molecule has 0 atom stereocenters. The van der Waals surface area contributed by atoms with Gasteiger partial charge in [-0.1, -0.05) is 12.2 Å². The molecule has 1 aliphatic rings. The van der Waals surface area contributed by atoms with Crippen molar-refractivity contribution in [1.29, 1.82) is 5.26 Å². The second-order valence-corrected chi connectivity index (χ2v) is 4.65. The predicted molar refractivity (Wildman–Crippen MR) is 60.6 cm³/mol. The van der Waals surface area contributed by atoms with Gasteiger partial charge in [-0.25, -0.2) is 4.79 Å². The molecular formula is C12H16N2O2. The topological polar surface area (TPSA) is 53.3 Å². The minimum atomic E-state index is -0.447. The molecule has 1 amide bonds. The van der Waals surface area contributed by atoms with Gasteiger partial charge in [0, 0.05) is 19.2 Å². The highest BCUT2D eigenvalue weighted by atomic mass is 16.6. The molecule has 1 aliphatic heterocycles. The van der Waals surface area contributed by atoms with E-state index in [2.05, 4.69) is 0 Å². The molecule has 0 spiro atoms. The van der Waals surface area contributed by atoms with E-state index in [-0.39, 0.29) is 6.09 Å². The number of amides is 1. The van der Waals surface area contributed by atoms with Gasteiger partial charge in [0.15, 0.2) is 0 Å². The first-order chi connectivity index (χ1) is 7.42. The van der Waals surface area contributed by atoms with Gasteiger partial charge in [0.05, 0.1) is 6.07 Å². The highest BCUT2D eigenvalue weighted by Crippen LogP contribution is 2.18. The van der Waals surface area contributed by atoms with Crippen LogP contribution in [0.5, 0.6) is 0 Å². The molecule has 4 nitrogen and oxygen atoms in total. The Morgan fingerprint density at radius 1 is 1.50 bits per heavy atom. The summed E-state index contributed by atoms with van der Waals surface area (Å²) in [6.45, 7) is 6.71. The van der Waals surface area contributed by atoms with Crippen LogP contribution in [0.3, 0.4) is 0 Å². The van der Waals surface area contributed by atoms with Crippen LogP contribution in [0, 0.1) is 11.3 Å². The average Bonchev–Trinajstić information content (AvgIpc) is 2.05. The smallest absolute Gasteiger partial charge is 0.410 e. The third kappa shape index (κ3) is 3.77. The SMILES string of the molecule is CC(C)(C)OC(=O)N1CC(=CC=CC#N)C1. The van der Waals surface area contributed by atoms with Gasteiger partial charge >= 0.3 is 6.09 Å². The first-order valence-electron chi connectivity index (χ1n) is 5.14. The van der Waals surface area contributed by atoms with Crippen LogP contribution < -0.4 is 0 Å². The Morgan fingerprint density at radius 3 is 2.62 bits per heavy atom. The fourth-order valence-electron chi connectivity index (χ4n) is 1.23. The zero-order valence-corrected chi connectivity index (χ0v) is 9.86. The predicted octanol–water partition coefficient (Wildman–Crippen LogP) is 2.24. The number of nitriles is 1. The van der Waals surface area contributed by atoms with Gasteiger partial charge in [-0.2, -0.15) is 5.26 Å². The summed E-state index contributed by atoms with van der Waals surface area (Å²) in [5.41, 5.74) is 0.675. The number of carbonyl (C=O) groups excluding carboxylic acids is 1. The van der Waals surface area contributed by atoms with Crippen molar-refractivity contribution >= 4 is 6.09 Å². The van der Waals surface area contributed by atoms with Crippen LogP contribution in [0.25, 0.3) is 0 Å². The van der Waals surface area contributed by atoms with E-state index >= 15 is 0 Å². The Kier molecular flexibility index (Phi) is 3.73. The number of allylic oxidation sites excluding steroid dienone is 3. The van der Waals surface area contributed by atoms with Crippen LogP contribution in [0.15, 0.2) is 23.8 Å². The van der Waals surface area contributed by atoms with Gasteiger partial charge in [0.25, 0.3) is 0 Å². The van der Waals surface area contributed by atoms with Crippen LogP contribution in [0.4, 0.5) is 4.79 Å². The average molecular weight is 220 g/mol. The Balaban J connectivity index is 2.37. The number of likely N-dealkylation sites (tertiary alicyclic amines) is 1. The summed E-state index contributed by atoms with van der Waals surface area (Å²) < 4.78 is 5.21. The van der Waals surface area contributed by atoms with Crippen LogP contribution in [0.2, 0.25) is 0 Å². The highest BCUT2D eigenvalue weighted by Gasteiger charge is 2.28. The van der Waals surface area contributed by atoms with Gasteiger partial charge in [-0.05, 0) is 26.3 Å². The zero-order chi connectivity index (χ0) is 12.2. The molecule has 1 saturated heterocycles. The van der Waals surface area contributed by atoms with Gasteiger partial charge in [0.1, 0.15) is 5.60 Å². The van der Waals surface area contributed by atoms with Crippen molar-refractivity contribution in [1.82, 2.24) is 4.90 Å². The quantitative estimate of drug-likeness (QED) is 0.637. The number of ether oxygens (including phenoxy) is 1. The Morgan fingerprint density at radius 2 is 2.12 bits per heavy atom. The maximum absolute atomic E-state index is 11.5. The summed E-state index contributed by atoms with van der Waals surface area (Å²) in [7, 11) is 0. The van der Waals surface area contributed by atoms with E-state index in [1.54, 1.807) is 11.0 Å². The summed E-state index contributed by atoms with van der Waals surface area (Å²) >= 11 is 0. The van der Waals surface area contributed by atoms with Gasteiger partial charge in [-0.3, -0.25) is 0 Å². The van der Waals surface area contributed by atoms with E-state index in [9.17, 15) is 4.79 Å². The number of nitrogens with zero attached hydrogens (tertiary/aromatic N) is 2. The van der Waals surface area contributed by atoms with Crippen molar-refractivity contribution in [2.75, 3.05) is 13.1 Å². The third-order valence-electron chi connectivity index (χ3n) is 1.94. The second kappa shape index (κ2) is 4.84. The van der Waals surface area contributed by atoms with E-state index in [0.717, 1.165) is 5.57 Å². The van der Waals surface area contributed by atoms with Crippen LogP contribution in [-0.2, 0) is 4.74 Å². The van der Waals surface area contributed by atoms with Gasteiger partial charge < -0.3 is 9.64 Å². The molecule has 0 N–H and O–H groups in total. The second-order valence-electron chi connectivity index (χ2n) is 4.65. The summed E-state index contributed by atoms with van der Waals surface area (Å²) in [4.78, 5) is 13.1. The molecule has 0 radical (unpaired) electrons. The van der Waals surface area contributed by atoms with Gasteiger partial charge in [0.2, 0.25) is 0 Å². The lowest BCUT2D eigenvalue weighted by molar-refractivity contribution is 0.0214. The normalized spacial score (nSPS) is 15.6. The molecule has 0 unspecified atom stereocenters. The van der Waals surface area contributed by atoms with Gasteiger partial charge in [-0.15, -0.1) is 0 Å². The van der Waals surface area contributed by atoms with Crippen LogP contribution in [0.1, 0.15) is 20.8 Å². The summed E-state index contributed by atoms with van der Waals surface area (Å²) in [5, 5.41) is 8.29. The maximum Gasteiger partial charge on any atom is 0.410 e. The minimum absolute atomic E-state index is 0.283. The molecule has 1 heterocycles. The highest BCUT2D eigenvalue weighted by molar-refractivity contribution is 5.70. The molecule has 86 valence electrons. The van der Waals surface area contributed by atoms with Crippen LogP contribution in [-0.4, -0.2) is 29.7 Å². The summed E-state index contributed by atoms with van der Waals surface area (Å²) in [6.07, 6.45) is 4.66. The van der Waals surface area contributed by atoms with E-state index < -0.39 is 5.60 Å². The third-order valence-corrected chi connectivity index (χ3v) is 1.94. The van der Waals surface area contributed by atoms with E-state index in [4.69, 9.17) is 10.00 Å². The summed E-state index contributed by atoms with van der Waals surface area (Å²) in [5.74, 6) is 0. The Hall–Kier alpha value is -1.76. The zero-order valence-electron chi connectivity index (χ0n) is 9.86. The molecule has 16 heavy (non-hydrogen) atoms. The monoisotopic (exact) mass is 220 g/mol. The van der Waals surface area contributed by atoms with E-state index in [1.807, 2.05) is 32.9 Å². The fourth-order valence-corrected chi connectivity index (χ4v) is 1.23. The van der Waals surface area contributed by atoms with Crippen molar-refractivity contribution in [2.24, 2.45) is 0 Å². The lowest BCUT2D eigenvalue weighted by Gasteiger charge is -2.35.